The number of carbonyl (C=O) groups is 1. The minimum Gasteiger partial charge on any atom is -0.367 e. The Kier molecular flexibility index (Phi) is 5.10. The smallest absolute Gasteiger partial charge is 0.260 e. The lowest BCUT2D eigenvalue weighted by molar-refractivity contribution is -0.126. The Morgan fingerprint density at radius 2 is 2.07 bits per heavy atom. The van der Waals surface area contributed by atoms with E-state index in [0.717, 1.165) is 5.56 Å². The highest BCUT2D eigenvalue weighted by atomic mass is 35.5. The molecule has 0 spiro atoms. The van der Waals surface area contributed by atoms with Crippen molar-refractivity contribution in [2.45, 2.75) is 6.61 Å². The van der Waals surface area contributed by atoms with Crippen molar-refractivity contribution in [2.24, 2.45) is 0 Å². The number of hydrazine groups is 1. The average Bonchev–Trinajstić information content (AvgIpc) is 2.21. The highest BCUT2D eigenvalue weighted by Gasteiger charge is 1.99. The van der Waals surface area contributed by atoms with Crippen LogP contribution in [0.4, 0.5) is 0 Å². The van der Waals surface area contributed by atoms with Crippen LogP contribution in [0.2, 0.25) is 5.02 Å². The molecular formula is C10H13ClN2O2. The van der Waals surface area contributed by atoms with Crippen LogP contribution in [0.3, 0.4) is 0 Å². The van der Waals surface area contributed by atoms with Gasteiger partial charge in [0, 0.05) is 12.1 Å². The summed E-state index contributed by atoms with van der Waals surface area (Å²) >= 11 is 5.72. The largest absolute Gasteiger partial charge is 0.367 e. The number of hydrogen-bond acceptors (Lipinski definition) is 3. The molecule has 0 aliphatic rings. The summed E-state index contributed by atoms with van der Waals surface area (Å²) in [6.45, 7) is 0.428. The summed E-state index contributed by atoms with van der Waals surface area (Å²) in [5, 5.41) is 0.687. The predicted octanol–water partition coefficient (Wildman–Crippen LogP) is 1.11. The molecule has 0 fully saturated rings. The number of ether oxygens (including phenoxy) is 1. The molecule has 0 aliphatic carbocycles. The Hall–Kier alpha value is -1.10. The first-order valence-corrected chi connectivity index (χ1v) is 4.88. The average molecular weight is 229 g/mol. The van der Waals surface area contributed by atoms with Crippen LogP contribution in [-0.2, 0) is 16.1 Å². The van der Waals surface area contributed by atoms with Gasteiger partial charge < -0.3 is 4.74 Å². The van der Waals surface area contributed by atoms with Gasteiger partial charge in [0.1, 0.15) is 6.61 Å². The molecule has 1 aromatic carbocycles. The molecule has 1 aromatic rings. The zero-order valence-corrected chi connectivity index (χ0v) is 9.17. The van der Waals surface area contributed by atoms with Gasteiger partial charge in [-0.05, 0) is 17.7 Å². The standard InChI is InChI=1S/C10H13ClN2O2/c1-12-13-10(14)7-15-6-8-2-4-9(11)5-3-8/h2-5,12H,6-7H2,1H3,(H,13,14). The maximum absolute atomic E-state index is 11.0. The maximum Gasteiger partial charge on any atom is 0.260 e. The highest BCUT2D eigenvalue weighted by Crippen LogP contribution is 2.09. The van der Waals surface area contributed by atoms with Gasteiger partial charge in [-0.2, -0.15) is 0 Å². The van der Waals surface area contributed by atoms with Crippen LogP contribution >= 0.6 is 11.6 Å². The van der Waals surface area contributed by atoms with Crippen molar-refractivity contribution in [3.05, 3.63) is 34.9 Å². The van der Waals surface area contributed by atoms with Crippen LogP contribution in [0.15, 0.2) is 24.3 Å². The predicted molar refractivity (Wildman–Crippen MR) is 58.3 cm³/mol. The molecule has 15 heavy (non-hydrogen) atoms. The van der Waals surface area contributed by atoms with E-state index in [1.165, 1.54) is 0 Å². The summed E-state index contributed by atoms with van der Waals surface area (Å²) in [5.41, 5.74) is 5.92. The Balaban J connectivity index is 2.26. The molecule has 1 rings (SSSR count). The lowest BCUT2D eigenvalue weighted by Crippen LogP contribution is -2.36. The van der Waals surface area contributed by atoms with E-state index in [9.17, 15) is 4.79 Å². The lowest BCUT2D eigenvalue weighted by Gasteiger charge is -2.04. The Bertz CT molecular complexity index is 314. The number of rotatable bonds is 5. The second-order valence-electron chi connectivity index (χ2n) is 2.92. The van der Waals surface area contributed by atoms with E-state index in [4.69, 9.17) is 16.3 Å². The van der Waals surface area contributed by atoms with Crippen molar-refractivity contribution in [1.82, 2.24) is 10.9 Å². The van der Waals surface area contributed by atoms with Crippen LogP contribution in [0.25, 0.3) is 0 Å². The van der Waals surface area contributed by atoms with Crippen molar-refractivity contribution >= 4 is 17.5 Å². The van der Waals surface area contributed by atoms with Gasteiger partial charge in [0.25, 0.3) is 5.91 Å². The number of amides is 1. The van der Waals surface area contributed by atoms with E-state index in [2.05, 4.69) is 10.9 Å². The molecule has 5 heteroatoms. The molecule has 0 radical (unpaired) electrons. The quantitative estimate of drug-likeness (QED) is 0.743. The summed E-state index contributed by atoms with van der Waals surface area (Å²) in [6.07, 6.45) is 0. The molecule has 0 aliphatic heterocycles. The molecule has 82 valence electrons. The number of benzene rings is 1. The monoisotopic (exact) mass is 228 g/mol. The third-order valence-electron chi connectivity index (χ3n) is 1.68. The molecule has 0 unspecified atom stereocenters. The molecular weight excluding hydrogens is 216 g/mol. The van der Waals surface area contributed by atoms with Crippen molar-refractivity contribution in [3.63, 3.8) is 0 Å². The van der Waals surface area contributed by atoms with E-state index < -0.39 is 0 Å². The van der Waals surface area contributed by atoms with Gasteiger partial charge in [0.05, 0.1) is 6.61 Å². The molecule has 0 heterocycles. The van der Waals surface area contributed by atoms with E-state index in [0.29, 0.717) is 11.6 Å². The molecule has 0 saturated carbocycles. The number of halogens is 1. The van der Waals surface area contributed by atoms with Gasteiger partial charge >= 0.3 is 0 Å². The fourth-order valence-electron chi connectivity index (χ4n) is 1.02. The Morgan fingerprint density at radius 3 is 2.67 bits per heavy atom. The summed E-state index contributed by atoms with van der Waals surface area (Å²) in [6, 6.07) is 7.29. The Labute approximate surface area is 93.5 Å². The molecule has 2 N–H and O–H groups in total. The van der Waals surface area contributed by atoms with Crippen LogP contribution < -0.4 is 10.9 Å². The second-order valence-corrected chi connectivity index (χ2v) is 3.35. The molecule has 0 saturated heterocycles. The van der Waals surface area contributed by atoms with Gasteiger partial charge in [-0.3, -0.25) is 10.2 Å². The van der Waals surface area contributed by atoms with Gasteiger partial charge in [-0.15, -0.1) is 0 Å². The molecule has 0 aromatic heterocycles. The number of carbonyl (C=O) groups excluding carboxylic acids is 1. The lowest BCUT2D eigenvalue weighted by atomic mass is 10.2. The van der Waals surface area contributed by atoms with E-state index in [-0.39, 0.29) is 12.5 Å². The third-order valence-corrected chi connectivity index (χ3v) is 1.93. The fraction of sp³-hybridized carbons (Fsp3) is 0.300. The van der Waals surface area contributed by atoms with Gasteiger partial charge in [-0.25, -0.2) is 5.43 Å². The molecule has 1 amide bonds. The molecule has 0 bridgehead atoms. The van der Waals surface area contributed by atoms with Crippen molar-refractivity contribution in [1.29, 1.82) is 0 Å². The first kappa shape index (κ1) is 12.0. The van der Waals surface area contributed by atoms with Crippen molar-refractivity contribution in [2.75, 3.05) is 13.7 Å². The minimum atomic E-state index is -0.202. The fourth-order valence-corrected chi connectivity index (χ4v) is 1.14. The van der Waals surface area contributed by atoms with Crippen LogP contribution in [0.1, 0.15) is 5.56 Å². The van der Waals surface area contributed by atoms with E-state index >= 15 is 0 Å². The first-order chi connectivity index (χ1) is 7.22. The summed E-state index contributed by atoms with van der Waals surface area (Å²) < 4.78 is 5.18. The Morgan fingerprint density at radius 1 is 1.40 bits per heavy atom. The SMILES string of the molecule is CNNC(=O)COCc1ccc(Cl)cc1. The van der Waals surface area contributed by atoms with Gasteiger partial charge in [0.15, 0.2) is 0 Å². The highest BCUT2D eigenvalue weighted by molar-refractivity contribution is 6.30. The van der Waals surface area contributed by atoms with Gasteiger partial charge in [0.2, 0.25) is 0 Å². The number of hydrogen-bond donors (Lipinski definition) is 2. The van der Waals surface area contributed by atoms with Gasteiger partial charge in [-0.1, -0.05) is 23.7 Å². The molecule has 4 nitrogen and oxygen atoms in total. The first-order valence-electron chi connectivity index (χ1n) is 4.50. The maximum atomic E-state index is 11.0. The summed E-state index contributed by atoms with van der Waals surface area (Å²) in [5.74, 6) is -0.202. The normalized spacial score (nSPS) is 10.0. The zero-order valence-electron chi connectivity index (χ0n) is 8.42. The summed E-state index contributed by atoms with van der Waals surface area (Å²) in [7, 11) is 1.62. The van der Waals surface area contributed by atoms with Crippen LogP contribution in [-0.4, -0.2) is 19.6 Å². The second kappa shape index (κ2) is 6.40. The topological polar surface area (TPSA) is 50.4 Å². The van der Waals surface area contributed by atoms with Crippen LogP contribution in [0, 0.1) is 0 Å². The minimum absolute atomic E-state index is 0.0312. The third kappa shape index (κ3) is 4.78. The van der Waals surface area contributed by atoms with E-state index in [1.807, 2.05) is 12.1 Å². The summed E-state index contributed by atoms with van der Waals surface area (Å²) in [4.78, 5) is 11.0. The molecule has 0 atom stereocenters. The van der Waals surface area contributed by atoms with Crippen molar-refractivity contribution < 1.29 is 9.53 Å². The number of nitrogens with one attached hydrogen (secondary N) is 2. The van der Waals surface area contributed by atoms with Crippen molar-refractivity contribution in [3.8, 4) is 0 Å². The zero-order chi connectivity index (χ0) is 11.1. The van der Waals surface area contributed by atoms with E-state index in [1.54, 1.807) is 19.2 Å². The van der Waals surface area contributed by atoms with Crippen LogP contribution in [0.5, 0.6) is 0 Å².